The van der Waals surface area contributed by atoms with Gasteiger partial charge in [-0.2, -0.15) is 4.31 Å². The largest absolute Gasteiger partial charge is 0.395 e. The maximum atomic E-state index is 12.3. The molecule has 0 aliphatic heterocycles. The molecule has 0 bridgehead atoms. The lowest BCUT2D eigenvalue weighted by Gasteiger charge is -2.25. The first-order valence-electron chi connectivity index (χ1n) is 6.12. The molecule has 8 heteroatoms. The molecular weight excluding hydrogens is 284 g/mol. The summed E-state index contributed by atoms with van der Waals surface area (Å²) >= 11 is 0. The van der Waals surface area contributed by atoms with Gasteiger partial charge < -0.3 is 5.11 Å². The smallest absolute Gasteiger partial charge is 0.273 e. The van der Waals surface area contributed by atoms with Gasteiger partial charge in [-0.3, -0.25) is 10.1 Å². The van der Waals surface area contributed by atoms with Crippen LogP contribution in [0.5, 0.6) is 0 Å². The fraction of sp³-hybridized carbons (Fsp3) is 0.500. The Bertz CT molecular complexity index is 571. The van der Waals surface area contributed by atoms with Crippen LogP contribution < -0.4 is 0 Å². The van der Waals surface area contributed by atoms with E-state index in [1.165, 1.54) is 18.2 Å². The average molecular weight is 302 g/mol. The summed E-state index contributed by atoms with van der Waals surface area (Å²) in [5, 5.41) is 19.8. The van der Waals surface area contributed by atoms with Crippen molar-refractivity contribution in [3.63, 3.8) is 0 Å². The Labute approximate surface area is 118 Å². The van der Waals surface area contributed by atoms with E-state index in [1.54, 1.807) is 19.9 Å². The van der Waals surface area contributed by atoms with Crippen molar-refractivity contribution in [3.05, 3.63) is 39.9 Å². The highest BCUT2D eigenvalue weighted by Crippen LogP contribution is 2.22. The predicted octanol–water partition coefficient (Wildman–Crippen LogP) is 1.13. The number of aliphatic hydroxyl groups is 1. The quantitative estimate of drug-likeness (QED) is 0.601. The molecule has 0 atom stereocenters. The lowest BCUT2D eigenvalue weighted by Crippen LogP contribution is -2.39. The zero-order valence-electron chi connectivity index (χ0n) is 11.4. The molecular formula is C12H18N2O5S. The molecule has 1 aromatic rings. The number of sulfonamides is 1. The van der Waals surface area contributed by atoms with Gasteiger partial charge in [0.1, 0.15) is 0 Å². The van der Waals surface area contributed by atoms with E-state index in [0.717, 1.165) is 4.31 Å². The van der Waals surface area contributed by atoms with Crippen molar-refractivity contribution in [2.75, 3.05) is 13.2 Å². The van der Waals surface area contributed by atoms with Gasteiger partial charge in [-0.15, -0.1) is 0 Å². The fourth-order valence-corrected chi connectivity index (χ4v) is 3.71. The molecule has 0 heterocycles. The first-order chi connectivity index (χ1) is 9.29. The molecule has 0 amide bonds. The van der Waals surface area contributed by atoms with E-state index in [9.17, 15) is 18.5 Å². The number of nitro benzene ring substituents is 1. The maximum Gasteiger partial charge on any atom is 0.273 e. The second-order valence-electron chi connectivity index (χ2n) is 4.57. The number of hydrogen-bond acceptors (Lipinski definition) is 5. The number of aliphatic hydroxyl groups excluding tert-OH is 1. The molecule has 1 rings (SSSR count). The van der Waals surface area contributed by atoms with Gasteiger partial charge in [0, 0.05) is 24.2 Å². The normalized spacial score (nSPS) is 12.1. The molecule has 7 nitrogen and oxygen atoms in total. The summed E-state index contributed by atoms with van der Waals surface area (Å²) < 4.78 is 25.7. The second-order valence-corrected chi connectivity index (χ2v) is 6.49. The summed E-state index contributed by atoms with van der Waals surface area (Å²) in [6.45, 7) is 3.05. The van der Waals surface area contributed by atoms with Gasteiger partial charge in [-0.25, -0.2) is 8.42 Å². The third kappa shape index (κ3) is 3.99. The average Bonchev–Trinajstić information content (AvgIpc) is 2.35. The third-order valence-electron chi connectivity index (χ3n) is 2.78. The Kier molecular flexibility index (Phi) is 5.61. The molecule has 0 aliphatic carbocycles. The van der Waals surface area contributed by atoms with Crippen LogP contribution in [-0.2, 0) is 15.8 Å². The zero-order valence-corrected chi connectivity index (χ0v) is 12.2. The van der Waals surface area contributed by atoms with Crippen LogP contribution in [0, 0.1) is 10.1 Å². The standard InChI is InChI=1S/C12H18N2O5S/c1-10(2)13(7-8-15)20(18,19)9-11-5-3-4-6-12(11)14(16)17/h3-6,10,15H,7-9H2,1-2H3. The van der Waals surface area contributed by atoms with Crippen LogP contribution in [-0.4, -0.2) is 41.9 Å². The number of hydrogen-bond donors (Lipinski definition) is 1. The van der Waals surface area contributed by atoms with Gasteiger partial charge in [-0.05, 0) is 13.8 Å². The first kappa shape index (κ1) is 16.5. The van der Waals surface area contributed by atoms with Gasteiger partial charge in [0.2, 0.25) is 10.0 Å². The van der Waals surface area contributed by atoms with Crippen LogP contribution in [0.15, 0.2) is 24.3 Å². The van der Waals surface area contributed by atoms with Crippen molar-refractivity contribution in [2.24, 2.45) is 0 Å². The van der Waals surface area contributed by atoms with Crippen molar-refractivity contribution < 1.29 is 18.4 Å². The monoisotopic (exact) mass is 302 g/mol. The van der Waals surface area contributed by atoms with Crippen molar-refractivity contribution in [1.82, 2.24) is 4.31 Å². The lowest BCUT2D eigenvalue weighted by molar-refractivity contribution is -0.385. The van der Waals surface area contributed by atoms with E-state index >= 15 is 0 Å². The van der Waals surface area contributed by atoms with Crippen LogP contribution in [0.4, 0.5) is 5.69 Å². The molecule has 1 aromatic carbocycles. The van der Waals surface area contributed by atoms with E-state index < -0.39 is 20.7 Å². The number of rotatable bonds is 7. The molecule has 0 saturated heterocycles. The Morgan fingerprint density at radius 2 is 1.95 bits per heavy atom. The van der Waals surface area contributed by atoms with Crippen LogP contribution in [0.3, 0.4) is 0 Å². The molecule has 0 unspecified atom stereocenters. The predicted molar refractivity (Wildman–Crippen MR) is 74.6 cm³/mol. The highest BCUT2D eigenvalue weighted by molar-refractivity contribution is 7.88. The summed E-state index contributed by atoms with van der Waals surface area (Å²) in [7, 11) is -3.72. The SMILES string of the molecule is CC(C)N(CCO)S(=O)(=O)Cc1ccccc1[N+](=O)[O-]. The highest BCUT2D eigenvalue weighted by Gasteiger charge is 2.27. The minimum absolute atomic E-state index is 0.0272. The van der Waals surface area contributed by atoms with Gasteiger partial charge in [0.15, 0.2) is 0 Å². The minimum atomic E-state index is -3.72. The molecule has 1 N–H and O–H groups in total. The Morgan fingerprint density at radius 3 is 2.45 bits per heavy atom. The van der Waals surface area contributed by atoms with Crippen molar-refractivity contribution in [1.29, 1.82) is 0 Å². The van der Waals surface area contributed by atoms with E-state index in [-0.39, 0.29) is 30.4 Å². The highest BCUT2D eigenvalue weighted by atomic mass is 32.2. The number of para-hydroxylation sites is 1. The summed E-state index contributed by atoms with van der Waals surface area (Å²) in [5.41, 5.74) is -0.0788. The van der Waals surface area contributed by atoms with Crippen molar-refractivity contribution >= 4 is 15.7 Å². The molecule has 0 aromatic heterocycles. The van der Waals surface area contributed by atoms with Gasteiger partial charge >= 0.3 is 0 Å². The Morgan fingerprint density at radius 1 is 1.35 bits per heavy atom. The van der Waals surface area contributed by atoms with Crippen LogP contribution in [0.25, 0.3) is 0 Å². The Hall–Kier alpha value is -1.51. The van der Waals surface area contributed by atoms with Crippen molar-refractivity contribution in [2.45, 2.75) is 25.6 Å². The number of nitro groups is 1. The van der Waals surface area contributed by atoms with Gasteiger partial charge in [-0.1, -0.05) is 18.2 Å². The maximum absolute atomic E-state index is 12.3. The van der Waals surface area contributed by atoms with E-state index in [2.05, 4.69) is 0 Å². The lowest BCUT2D eigenvalue weighted by atomic mass is 10.2. The molecule has 112 valence electrons. The fourth-order valence-electron chi connectivity index (χ4n) is 1.91. The van der Waals surface area contributed by atoms with Crippen LogP contribution in [0.2, 0.25) is 0 Å². The molecule has 0 spiro atoms. The second kappa shape index (κ2) is 6.78. The number of nitrogens with zero attached hydrogens (tertiary/aromatic N) is 2. The van der Waals surface area contributed by atoms with E-state index in [4.69, 9.17) is 5.11 Å². The first-order valence-corrected chi connectivity index (χ1v) is 7.73. The van der Waals surface area contributed by atoms with Gasteiger partial charge in [0.05, 0.1) is 17.3 Å². The topological polar surface area (TPSA) is 101 Å². The zero-order chi connectivity index (χ0) is 15.3. The van der Waals surface area contributed by atoms with Gasteiger partial charge in [0.25, 0.3) is 5.69 Å². The summed E-state index contributed by atoms with van der Waals surface area (Å²) in [6.07, 6.45) is 0. The van der Waals surface area contributed by atoms with E-state index in [1.807, 2.05) is 0 Å². The molecule has 0 fully saturated rings. The molecule has 0 aliphatic rings. The van der Waals surface area contributed by atoms with Crippen LogP contribution in [0.1, 0.15) is 19.4 Å². The minimum Gasteiger partial charge on any atom is -0.395 e. The van der Waals surface area contributed by atoms with Crippen molar-refractivity contribution in [3.8, 4) is 0 Å². The number of benzene rings is 1. The molecule has 0 radical (unpaired) electrons. The van der Waals surface area contributed by atoms with Crippen LogP contribution >= 0.6 is 0 Å². The molecule has 0 saturated carbocycles. The van der Waals surface area contributed by atoms with E-state index in [0.29, 0.717) is 0 Å². The molecule has 20 heavy (non-hydrogen) atoms. The summed E-state index contributed by atoms with van der Waals surface area (Å²) in [4.78, 5) is 10.3. The third-order valence-corrected chi connectivity index (χ3v) is 4.77. The summed E-state index contributed by atoms with van der Waals surface area (Å²) in [5.74, 6) is -0.456. The summed E-state index contributed by atoms with van der Waals surface area (Å²) in [6, 6.07) is 5.42. The Balaban J connectivity index is 3.10.